The lowest BCUT2D eigenvalue weighted by Crippen LogP contribution is -2.60. The van der Waals surface area contributed by atoms with E-state index < -0.39 is 49.5 Å². The van der Waals surface area contributed by atoms with Gasteiger partial charge >= 0.3 is 0 Å². The highest BCUT2D eigenvalue weighted by atomic mass is 16.7. The molecule has 7 atom stereocenters. The standard InChI is InChI=1S/C79H153NO8/c1-3-5-7-9-11-13-15-17-19-21-23-25-27-29-31-33-35-37-38-40-42-44-46-48-50-52-54-56-58-60-62-64-66-68-73(82)72(71-87-79-78(86)77(85)76(84)74(70-81)88-79)80-75(83)69-67-65-63-61-59-57-55-53-51-49-47-45-43-41-39-36-34-32-30-28-26-24-22-20-18-16-14-12-10-8-6-4-2/h58,60,66,68,72-74,76-79,81-82,84-86H,3-57,59,61-65,67,69-71H2,1-2H3,(H,80,83)/b60-58+,68-66+. The summed E-state index contributed by atoms with van der Waals surface area (Å²) in [5.74, 6) is -0.176. The highest BCUT2D eigenvalue weighted by Gasteiger charge is 2.44. The Labute approximate surface area is 547 Å². The van der Waals surface area contributed by atoms with Gasteiger partial charge in [-0.1, -0.05) is 404 Å². The minimum Gasteiger partial charge on any atom is -0.394 e. The number of amides is 1. The zero-order valence-corrected chi connectivity index (χ0v) is 58.8. The van der Waals surface area contributed by atoms with Gasteiger partial charge in [-0.3, -0.25) is 4.79 Å². The Bertz CT molecular complexity index is 1440. The molecule has 1 fully saturated rings. The zero-order chi connectivity index (χ0) is 63.5. The van der Waals surface area contributed by atoms with E-state index in [1.165, 1.54) is 360 Å². The molecule has 0 aliphatic carbocycles. The number of carbonyl (C=O) groups is 1. The van der Waals surface area contributed by atoms with Crippen molar-refractivity contribution in [1.29, 1.82) is 0 Å². The van der Waals surface area contributed by atoms with Crippen LogP contribution >= 0.6 is 0 Å². The number of rotatable bonds is 71. The Balaban J connectivity index is 2.08. The van der Waals surface area contributed by atoms with Crippen LogP contribution in [0.5, 0.6) is 0 Å². The molecule has 1 rings (SSSR count). The van der Waals surface area contributed by atoms with Gasteiger partial charge in [0.15, 0.2) is 6.29 Å². The molecule has 1 amide bonds. The first-order chi connectivity index (χ1) is 43.3. The van der Waals surface area contributed by atoms with Gasteiger partial charge in [-0.25, -0.2) is 0 Å². The van der Waals surface area contributed by atoms with Crippen LogP contribution in [0.15, 0.2) is 24.3 Å². The monoisotopic (exact) mass is 1240 g/mol. The fourth-order valence-corrected chi connectivity index (χ4v) is 13.1. The first-order valence-electron chi connectivity index (χ1n) is 39.6. The average Bonchev–Trinajstić information content (AvgIpc) is 3.70. The predicted molar refractivity (Wildman–Crippen MR) is 378 cm³/mol. The highest BCUT2D eigenvalue weighted by molar-refractivity contribution is 5.76. The first-order valence-corrected chi connectivity index (χ1v) is 39.6. The molecule has 1 aliphatic rings. The van der Waals surface area contributed by atoms with Crippen molar-refractivity contribution in [3.63, 3.8) is 0 Å². The van der Waals surface area contributed by atoms with Crippen molar-refractivity contribution in [2.45, 2.75) is 461 Å². The summed E-state index contributed by atoms with van der Waals surface area (Å²) >= 11 is 0. The van der Waals surface area contributed by atoms with E-state index in [2.05, 4.69) is 31.3 Å². The van der Waals surface area contributed by atoms with Gasteiger partial charge in [-0.15, -0.1) is 0 Å². The topological polar surface area (TPSA) is 149 Å². The number of hydrogen-bond donors (Lipinski definition) is 6. The average molecular weight is 1250 g/mol. The number of unbranched alkanes of at least 4 members (excludes halogenated alkanes) is 59. The molecular weight excluding hydrogens is 1090 g/mol. The second kappa shape index (κ2) is 68.5. The molecule has 0 saturated carbocycles. The maximum Gasteiger partial charge on any atom is 0.220 e. The Morgan fingerprint density at radius 2 is 0.648 bits per heavy atom. The van der Waals surface area contributed by atoms with Crippen LogP contribution in [0.1, 0.15) is 418 Å². The molecule has 0 aromatic carbocycles. The molecule has 9 nitrogen and oxygen atoms in total. The molecule has 1 saturated heterocycles. The fraction of sp³-hybridized carbons (Fsp3) is 0.937. The molecule has 0 radical (unpaired) electrons. The molecule has 1 aliphatic heterocycles. The Kier molecular flexibility index (Phi) is 65.9. The summed E-state index contributed by atoms with van der Waals surface area (Å²) in [6.45, 7) is 3.84. The van der Waals surface area contributed by atoms with Gasteiger partial charge in [0.25, 0.3) is 0 Å². The van der Waals surface area contributed by atoms with Crippen LogP contribution in [0.25, 0.3) is 0 Å². The molecule has 7 unspecified atom stereocenters. The second-order valence-electron chi connectivity index (χ2n) is 27.9. The van der Waals surface area contributed by atoms with Gasteiger partial charge in [0.2, 0.25) is 5.91 Å². The van der Waals surface area contributed by atoms with E-state index in [-0.39, 0.29) is 12.5 Å². The van der Waals surface area contributed by atoms with Gasteiger partial charge in [-0.2, -0.15) is 0 Å². The van der Waals surface area contributed by atoms with E-state index in [0.717, 1.165) is 38.5 Å². The smallest absolute Gasteiger partial charge is 0.220 e. The predicted octanol–water partition coefficient (Wildman–Crippen LogP) is 22.4. The molecule has 9 heteroatoms. The van der Waals surface area contributed by atoms with Crippen molar-refractivity contribution in [2.75, 3.05) is 13.2 Å². The molecule has 1 heterocycles. The number of carbonyl (C=O) groups excluding carboxylic acids is 1. The molecule has 88 heavy (non-hydrogen) atoms. The summed E-state index contributed by atoms with van der Waals surface area (Å²) in [7, 11) is 0. The number of nitrogens with one attached hydrogen (secondary N) is 1. The van der Waals surface area contributed by atoms with Crippen LogP contribution in [-0.2, 0) is 14.3 Å². The lowest BCUT2D eigenvalue weighted by Gasteiger charge is -2.40. The van der Waals surface area contributed by atoms with Crippen molar-refractivity contribution in [3.05, 3.63) is 24.3 Å². The third-order valence-corrected chi connectivity index (χ3v) is 19.3. The molecule has 0 bridgehead atoms. The first kappa shape index (κ1) is 84.7. The van der Waals surface area contributed by atoms with E-state index in [1.807, 2.05) is 6.08 Å². The van der Waals surface area contributed by atoms with Gasteiger partial charge < -0.3 is 40.3 Å². The summed E-state index contributed by atoms with van der Waals surface area (Å²) in [5, 5.41) is 54.9. The Hall–Kier alpha value is -1.33. The summed E-state index contributed by atoms with van der Waals surface area (Å²) in [4.78, 5) is 13.2. The van der Waals surface area contributed by atoms with E-state index in [0.29, 0.717) is 6.42 Å². The van der Waals surface area contributed by atoms with Crippen molar-refractivity contribution in [1.82, 2.24) is 5.32 Å². The van der Waals surface area contributed by atoms with Gasteiger partial charge in [-0.05, 0) is 32.1 Å². The fourth-order valence-electron chi connectivity index (χ4n) is 13.1. The summed E-state index contributed by atoms with van der Waals surface area (Å²) in [6, 6.07) is -0.821. The van der Waals surface area contributed by atoms with Gasteiger partial charge in [0, 0.05) is 6.42 Å². The minimum absolute atomic E-state index is 0.176. The van der Waals surface area contributed by atoms with E-state index in [1.54, 1.807) is 6.08 Å². The third kappa shape index (κ3) is 56.2. The van der Waals surface area contributed by atoms with Crippen LogP contribution in [0.3, 0.4) is 0 Å². The lowest BCUT2D eigenvalue weighted by atomic mass is 9.99. The minimum atomic E-state index is -1.57. The normalized spacial score (nSPS) is 17.9. The summed E-state index contributed by atoms with van der Waals surface area (Å²) in [5.41, 5.74) is 0. The van der Waals surface area contributed by atoms with Crippen LogP contribution in [0.4, 0.5) is 0 Å². The van der Waals surface area contributed by atoms with Gasteiger partial charge in [0.1, 0.15) is 24.4 Å². The molecular formula is C79H153NO8. The third-order valence-electron chi connectivity index (χ3n) is 19.3. The van der Waals surface area contributed by atoms with Crippen LogP contribution in [0, 0.1) is 0 Å². The molecule has 0 spiro atoms. The van der Waals surface area contributed by atoms with Crippen molar-refractivity contribution in [2.24, 2.45) is 0 Å². The quantitative estimate of drug-likeness (QED) is 0.0261. The van der Waals surface area contributed by atoms with Crippen LogP contribution in [0.2, 0.25) is 0 Å². The number of aliphatic hydroxyl groups is 5. The van der Waals surface area contributed by atoms with Crippen molar-refractivity contribution < 1.29 is 39.8 Å². The van der Waals surface area contributed by atoms with Crippen molar-refractivity contribution >= 4 is 5.91 Å². The Morgan fingerprint density at radius 1 is 0.375 bits per heavy atom. The van der Waals surface area contributed by atoms with E-state index in [9.17, 15) is 30.3 Å². The van der Waals surface area contributed by atoms with Crippen molar-refractivity contribution in [3.8, 4) is 0 Å². The molecule has 522 valence electrons. The molecule has 0 aromatic heterocycles. The number of aliphatic hydroxyl groups excluding tert-OH is 5. The number of ether oxygens (including phenoxy) is 2. The van der Waals surface area contributed by atoms with E-state index in [4.69, 9.17) is 9.47 Å². The molecule has 0 aromatic rings. The number of allylic oxidation sites excluding steroid dienone is 3. The summed E-state index contributed by atoms with van der Waals surface area (Å²) in [6.07, 6.45) is 84.8. The SMILES string of the molecule is CCCCCCCCCCCCCCCCCCCCCCCCCCCCC/C=C/CC/C=C/C(O)C(COC1OC(CO)C(O)C(O)C1O)NC(=O)CCCCCCCCCCCCCCCCCCCCCCCCCCCCCCCCCC. The van der Waals surface area contributed by atoms with Gasteiger partial charge in [0.05, 0.1) is 25.4 Å². The molecule has 6 N–H and O–H groups in total. The second-order valence-corrected chi connectivity index (χ2v) is 27.9. The number of hydrogen-bond acceptors (Lipinski definition) is 8. The maximum atomic E-state index is 13.2. The van der Waals surface area contributed by atoms with E-state index >= 15 is 0 Å². The zero-order valence-electron chi connectivity index (χ0n) is 58.8. The lowest BCUT2D eigenvalue weighted by molar-refractivity contribution is -0.302. The maximum absolute atomic E-state index is 13.2. The highest BCUT2D eigenvalue weighted by Crippen LogP contribution is 2.24. The summed E-state index contributed by atoms with van der Waals surface area (Å²) < 4.78 is 11.3. The van der Waals surface area contributed by atoms with Crippen LogP contribution in [-0.4, -0.2) is 87.5 Å². The largest absolute Gasteiger partial charge is 0.394 e. The van der Waals surface area contributed by atoms with Crippen LogP contribution < -0.4 is 5.32 Å². The Morgan fingerprint density at radius 3 is 0.955 bits per heavy atom.